The van der Waals surface area contributed by atoms with Gasteiger partial charge in [-0.25, -0.2) is 15.0 Å². The molecule has 2 rings (SSSR count). The number of hydrogen-bond acceptors (Lipinski definition) is 6. The van der Waals surface area contributed by atoms with Gasteiger partial charge in [-0.15, -0.1) is 0 Å². The largest absolute Gasteiger partial charge is 0.481 e. The first-order valence-electron chi connectivity index (χ1n) is 6.10. The Morgan fingerprint density at radius 1 is 1.42 bits per heavy atom. The molecule has 0 saturated carbocycles. The van der Waals surface area contributed by atoms with E-state index in [1.807, 2.05) is 6.20 Å². The zero-order valence-electron chi connectivity index (χ0n) is 11.1. The maximum absolute atomic E-state index is 5.62. The summed E-state index contributed by atoms with van der Waals surface area (Å²) >= 11 is 0. The minimum absolute atomic E-state index is 0.135. The second kappa shape index (κ2) is 6.26. The van der Waals surface area contributed by atoms with Gasteiger partial charge in [-0.3, -0.25) is 11.3 Å². The third-order valence-electron chi connectivity index (χ3n) is 2.96. The molecule has 2 aromatic heterocycles. The van der Waals surface area contributed by atoms with Crippen molar-refractivity contribution in [2.75, 3.05) is 7.11 Å². The van der Waals surface area contributed by atoms with Crippen LogP contribution in [0.1, 0.15) is 24.5 Å². The first kappa shape index (κ1) is 13.4. The van der Waals surface area contributed by atoms with Crippen LogP contribution in [-0.4, -0.2) is 26.6 Å². The highest BCUT2D eigenvalue weighted by molar-refractivity contribution is 5.17. The summed E-state index contributed by atoms with van der Waals surface area (Å²) in [5, 5.41) is 0. The van der Waals surface area contributed by atoms with Crippen LogP contribution in [0.5, 0.6) is 5.88 Å². The topological polar surface area (TPSA) is 90.9 Å². The minimum Gasteiger partial charge on any atom is -0.481 e. The first-order chi connectivity index (χ1) is 9.28. The number of aryl methyl sites for hydroxylation is 1. The fourth-order valence-corrected chi connectivity index (χ4v) is 1.91. The van der Waals surface area contributed by atoms with E-state index in [9.17, 15) is 0 Å². The second-order valence-corrected chi connectivity index (χ2v) is 4.04. The molecule has 0 aliphatic carbocycles. The summed E-state index contributed by atoms with van der Waals surface area (Å²) in [6, 6.07) is 1.63. The molecule has 0 aliphatic heterocycles. The molecule has 0 fully saturated rings. The van der Waals surface area contributed by atoms with Crippen LogP contribution in [0.3, 0.4) is 0 Å². The van der Waals surface area contributed by atoms with Crippen molar-refractivity contribution in [1.82, 2.24) is 24.9 Å². The molecule has 1 unspecified atom stereocenters. The van der Waals surface area contributed by atoms with Crippen molar-refractivity contribution < 1.29 is 4.74 Å². The molecule has 19 heavy (non-hydrogen) atoms. The number of aromatic nitrogens is 4. The summed E-state index contributed by atoms with van der Waals surface area (Å²) in [6.45, 7) is 2.95. The number of hydrazine groups is 1. The van der Waals surface area contributed by atoms with Crippen LogP contribution in [0.15, 0.2) is 24.8 Å². The van der Waals surface area contributed by atoms with Crippen LogP contribution < -0.4 is 16.0 Å². The second-order valence-electron chi connectivity index (χ2n) is 4.04. The van der Waals surface area contributed by atoms with E-state index in [2.05, 4.69) is 31.9 Å². The average Bonchev–Trinajstić information content (AvgIpc) is 2.92. The van der Waals surface area contributed by atoms with E-state index in [-0.39, 0.29) is 6.04 Å². The molecular formula is C12H18N6O. The Hall–Kier alpha value is -1.99. The van der Waals surface area contributed by atoms with Crippen LogP contribution in [0.2, 0.25) is 0 Å². The van der Waals surface area contributed by atoms with E-state index < -0.39 is 0 Å². The molecule has 2 heterocycles. The number of nitrogens with two attached hydrogens (primary N) is 1. The molecule has 0 bridgehead atoms. The number of rotatable bonds is 6. The summed E-state index contributed by atoms with van der Waals surface area (Å²) in [7, 11) is 1.57. The van der Waals surface area contributed by atoms with Gasteiger partial charge in [0.05, 0.1) is 18.8 Å². The molecule has 3 N–H and O–H groups in total. The normalized spacial score (nSPS) is 12.4. The van der Waals surface area contributed by atoms with Gasteiger partial charge >= 0.3 is 0 Å². The summed E-state index contributed by atoms with van der Waals surface area (Å²) in [5.41, 5.74) is 3.54. The summed E-state index contributed by atoms with van der Waals surface area (Å²) in [6.07, 6.45) is 5.85. The predicted molar refractivity (Wildman–Crippen MR) is 70.3 cm³/mol. The molecule has 1 atom stereocenters. The van der Waals surface area contributed by atoms with Crippen molar-refractivity contribution >= 4 is 0 Å². The van der Waals surface area contributed by atoms with E-state index in [1.54, 1.807) is 19.4 Å². The molecule has 7 nitrogen and oxygen atoms in total. The number of ether oxygens (including phenoxy) is 1. The molecule has 7 heteroatoms. The van der Waals surface area contributed by atoms with Crippen molar-refractivity contribution in [3.8, 4) is 5.88 Å². The van der Waals surface area contributed by atoms with E-state index >= 15 is 0 Å². The van der Waals surface area contributed by atoms with Crippen LogP contribution in [0, 0.1) is 0 Å². The van der Waals surface area contributed by atoms with Crippen molar-refractivity contribution in [1.29, 1.82) is 0 Å². The molecular weight excluding hydrogens is 244 g/mol. The Kier molecular flexibility index (Phi) is 4.43. The van der Waals surface area contributed by atoms with E-state index in [0.717, 1.165) is 18.1 Å². The Bertz CT molecular complexity index is 526. The summed E-state index contributed by atoms with van der Waals surface area (Å²) in [4.78, 5) is 12.5. The van der Waals surface area contributed by atoms with Crippen molar-refractivity contribution in [2.45, 2.75) is 25.9 Å². The lowest BCUT2D eigenvalue weighted by molar-refractivity contribution is 0.393. The third kappa shape index (κ3) is 3.07. The monoisotopic (exact) mass is 262 g/mol. The SMILES string of the molecule is CCn1ccnc1CC(NN)c1cc(OC)ncn1. The zero-order chi connectivity index (χ0) is 13.7. The number of nitrogens with zero attached hydrogens (tertiary/aromatic N) is 4. The van der Waals surface area contributed by atoms with E-state index in [1.165, 1.54) is 6.33 Å². The van der Waals surface area contributed by atoms with Crippen molar-refractivity contribution in [3.05, 3.63) is 36.3 Å². The van der Waals surface area contributed by atoms with Gasteiger partial charge in [0.1, 0.15) is 12.2 Å². The van der Waals surface area contributed by atoms with Gasteiger partial charge in [-0.05, 0) is 6.92 Å². The molecule has 0 radical (unpaired) electrons. The quantitative estimate of drug-likeness (QED) is 0.580. The molecule has 0 amide bonds. The molecule has 0 aromatic carbocycles. The molecule has 0 aliphatic rings. The van der Waals surface area contributed by atoms with Crippen LogP contribution in [-0.2, 0) is 13.0 Å². The molecule has 2 aromatic rings. The highest BCUT2D eigenvalue weighted by atomic mass is 16.5. The Labute approximate surface area is 111 Å². The van der Waals surface area contributed by atoms with E-state index in [4.69, 9.17) is 10.6 Å². The van der Waals surface area contributed by atoms with Crippen LogP contribution in [0.4, 0.5) is 0 Å². The number of hydrogen-bond donors (Lipinski definition) is 2. The molecule has 102 valence electrons. The smallest absolute Gasteiger partial charge is 0.216 e. The van der Waals surface area contributed by atoms with Gasteiger partial charge in [-0.1, -0.05) is 0 Å². The lowest BCUT2D eigenvalue weighted by Crippen LogP contribution is -2.31. The highest BCUT2D eigenvalue weighted by Gasteiger charge is 2.16. The number of methoxy groups -OCH3 is 1. The Morgan fingerprint density at radius 3 is 2.95 bits per heavy atom. The maximum Gasteiger partial charge on any atom is 0.216 e. The minimum atomic E-state index is -0.135. The maximum atomic E-state index is 5.62. The summed E-state index contributed by atoms with van der Waals surface area (Å²) in [5.74, 6) is 7.09. The van der Waals surface area contributed by atoms with Gasteiger partial charge in [0.2, 0.25) is 5.88 Å². The van der Waals surface area contributed by atoms with Gasteiger partial charge in [0.25, 0.3) is 0 Å². The average molecular weight is 262 g/mol. The standard InChI is InChI=1S/C12H18N6O/c1-3-18-5-4-14-11(18)6-10(17-13)9-7-12(19-2)16-8-15-9/h4-5,7-8,10,17H,3,6,13H2,1-2H3. The van der Waals surface area contributed by atoms with Crippen LogP contribution >= 0.6 is 0 Å². The third-order valence-corrected chi connectivity index (χ3v) is 2.96. The van der Waals surface area contributed by atoms with Gasteiger partial charge in [0.15, 0.2) is 0 Å². The number of imidazole rings is 1. The molecule has 0 saturated heterocycles. The predicted octanol–water partition coefficient (Wildman–Crippen LogP) is 0.449. The summed E-state index contributed by atoms with van der Waals surface area (Å²) < 4.78 is 7.16. The highest BCUT2D eigenvalue weighted by Crippen LogP contribution is 2.17. The lowest BCUT2D eigenvalue weighted by atomic mass is 10.1. The van der Waals surface area contributed by atoms with E-state index in [0.29, 0.717) is 12.3 Å². The van der Waals surface area contributed by atoms with Crippen LogP contribution in [0.25, 0.3) is 0 Å². The molecule has 0 spiro atoms. The van der Waals surface area contributed by atoms with Gasteiger partial charge in [-0.2, -0.15) is 0 Å². The Balaban J connectivity index is 2.20. The van der Waals surface area contributed by atoms with Gasteiger partial charge in [0, 0.05) is 31.4 Å². The fraction of sp³-hybridized carbons (Fsp3) is 0.417. The zero-order valence-corrected chi connectivity index (χ0v) is 11.1. The van der Waals surface area contributed by atoms with Crippen molar-refractivity contribution in [3.63, 3.8) is 0 Å². The first-order valence-corrected chi connectivity index (χ1v) is 6.10. The van der Waals surface area contributed by atoms with Crippen molar-refractivity contribution in [2.24, 2.45) is 5.84 Å². The Morgan fingerprint density at radius 2 is 2.26 bits per heavy atom. The fourth-order valence-electron chi connectivity index (χ4n) is 1.91. The lowest BCUT2D eigenvalue weighted by Gasteiger charge is -2.16. The number of nitrogens with one attached hydrogen (secondary N) is 1. The van der Waals surface area contributed by atoms with Gasteiger partial charge < -0.3 is 9.30 Å².